The Morgan fingerprint density at radius 1 is 1.28 bits per heavy atom. The lowest BCUT2D eigenvalue weighted by Gasteiger charge is -2.26. The number of pyridine rings is 1. The molecule has 1 atom stereocenters. The Labute approximate surface area is 140 Å². The van der Waals surface area contributed by atoms with Crippen LogP contribution < -0.4 is 10.9 Å². The average molecular weight is 355 g/mol. The van der Waals surface area contributed by atoms with Crippen LogP contribution in [0.2, 0.25) is 0 Å². The minimum Gasteiger partial charge on any atom is -0.379 e. The van der Waals surface area contributed by atoms with Crippen LogP contribution in [0.4, 0.5) is 23.7 Å². The van der Waals surface area contributed by atoms with E-state index in [1.165, 1.54) is 4.57 Å². The number of amides is 2. The van der Waals surface area contributed by atoms with Gasteiger partial charge in [-0.3, -0.25) is 4.79 Å². The van der Waals surface area contributed by atoms with Gasteiger partial charge in [0.2, 0.25) is 0 Å². The lowest BCUT2D eigenvalue weighted by Crippen LogP contribution is -2.48. The molecule has 2 amide bonds. The van der Waals surface area contributed by atoms with Crippen molar-refractivity contribution in [3.63, 3.8) is 0 Å². The van der Waals surface area contributed by atoms with Gasteiger partial charge >= 0.3 is 12.2 Å². The number of aryl methyl sites for hydroxylation is 1. The zero-order valence-electron chi connectivity index (χ0n) is 13.3. The quantitative estimate of drug-likeness (QED) is 0.822. The topological polar surface area (TPSA) is 74.6 Å². The minimum atomic E-state index is -4.80. The lowest BCUT2D eigenvalue weighted by atomic mass is 10.0. The Morgan fingerprint density at radius 3 is 2.64 bits per heavy atom. The SMILES string of the molecule is Cn1ccc2c(NC(=O)N3CCC(O)(C(F)(F)F)C3)cccc2c1=O. The van der Waals surface area contributed by atoms with Crippen LogP contribution in [0.1, 0.15) is 6.42 Å². The predicted molar refractivity (Wildman–Crippen MR) is 85.4 cm³/mol. The summed E-state index contributed by atoms with van der Waals surface area (Å²) in [7, 11) is 1.59. The molecule has 1 aliphatic heterocycles. The molecule has 0 saturated carbocycles. The standard InChI is InChI=1S/C16H16F3N3O3/c1-21-7-5-10-11(13(21)23)3-2-4-12(10)20-14(24)22-8-6-15(25,9-22)16(17,18)19/h2-5,7,25H,6,8-9H2,1H3,(H,20,24). The molecule has 2 heterocycles. The number of fused-ring (bicyclic) bond motifs is 1. The molecule has 6 nitrogen and oxygen atoms in total. The number of benzene rings is 1. The Bertz CT molecular complexity index is 894. The molecule has 1 fully saturated rings. The van der Waals surface area contributed by atoms with Gasteiger partial charge in [0.05, 0.1) is 12.2 Å². The lowest BCUT2D eigenvalue weighted by molar-refractivity contribution is -0.253. The number of halogens is 3. The molecule has 9 heteroatoms. The number of hydrogen-bond acceptors (Lipinski definition) is 3. The zero-order valence-corrected chi connectivity index (χ0v) is 13.3. The van der Waals surface area contributed by atoms with Crippen LogP contribution >= 0.6 is 0 Å². The third kappa shape index (κ3) is 2.95. The summed E-state index contributed by atoms with van der Waals surface area (Å²) in [6.45, 7) is -1.04. The molecule has 2 aromatic rings. The highest BCUT2D eigenvalue weighted by atomic mass is 19.4. The van der Waals surface area contributed by atoms with Gasteiger partial charge in [-0.1, -0.05) is 6.07 Å². The van der Waals surface area contributed by atoms with E-state index in [4.69, 9.17) is 0 Å². The van der Waals surface area contributed by atoms with E-state index in [0.717, 1.165) is 4.90 Å². The molecule has 0 radical (unpaired) electrons. The molecular weight excluding hydrogens is 339 g/mol. The van der Waals surface area contributed by atoms with E-state index in [0.29, 0.717) is 16.5 Å². The maximum Gasteiger partial charge on any atom is 0.419 e. The van der Waals surface area contributed by atoms with Crippen molar-refractivity contribution in [1.82, 2.24) is 9.47 Å². The van der Waals surface area contributed by atoms with Gasteiger partial charge in [0, 0.05) is 37.0 Å². The number of urea groups is 1. The van der Waals surface area contributed by atoms with Crippen LogP contribution in [-0.4, -0.2) is 45.5 Å². The number of rotatable bonds is 1. The summed E-state index contributed by atoms with van der Waals surface area (Å²) >= 11 is 0. The number of hydrogen-bond donors (Lipinski definition) is 2. The van der Waals surface area contributed by atoms with Crippen LogP contribution in [0, 0.1) is 0 Å². The summed E-state index contributed by atoms with van der Waals surface area (Å²) in [6, 6.07) is 5.63. The number of aliphatic hydroxyl groups is 1. The minimum absolute atomic E-state index is 0.214. The van der Waals surface area contributed by atoms with E-state index in [9.17, 15) is 27.9 Å². The van der Waals surface area contributed by atoms with Gasteiger partial charge in [-0.05, 0) is 18.2 Å². The summed E-state index contributed by atoms with van der Waals surface area (Å²) in [5.74, 6) is 0. The van der Waals surface area contributed by atoms with Crippen LogP contribution in [0.25, 0.3) is 10.8 Å². The first-order valence-corrected chi connectivity index (χ1v) is 7.56. The highest BCUT2D eigenvalue weighted by Gasteiger charge is 2.57. The van der Waals surface area contributed by atoms with E-state index >= 15 is 0 Å². The number of carbonyl (C=O) groups is 1. The second-order valence-corrected chi connectivity index (χ2v) is 6.13. The van der Waals surface area contributed by atoms with E-state index in [1.807, 2.05) is 0 Å². The number of nitrogens with zero attached hydrogens (tertiary/aromatic N) is 2. The Morgan fingerprint density at radius 2 is 2.00 bits per heavy atom. The van der Waals surface area contributed by atoms with Gasteiger partial charge < -0.3 is 19.9 Å². The number of nitrogens with one attached hydrogen (secondary N) is 1. The third-order valence-corrected chi connectivity index (χ3v) is 4.43. The second-order valence-electron chi connectivity index (χ2n) is 6.13. The molecule has 1 aromatic heterocycles. The molecule has 0 bridgehead atoms. The van der Waals surface area contributed by atoms with Crippen molar-refractivity contribution in [1.29, 1.82) is 0 Å². The molecule has 1 unspecified atom stereocenters. The molecule has 134 valence electrons. The van der Waals surface area contributed by atoms with Crippen molar-refractivity contribution in [2.75, 3.05) is 18.4 Å². The number of aromatic nitrogens is 1. The monoisotopic (exact) mass is 355 g/mol. The highest BCUT2D eigenvalue weighted by molar-refractivity contribution is 6.01. The first-order chi connectivity index (χ1) is 11.6. The number of likely N-dealkylation sites (tertiary alicyclic amines) is 1. The van der Waals surface area contributed by atoms with Crippen molar-refractivity contribution in [2.24, 2.45) is 7.05 Å². The average Bonchev–Trinajstić information content (AvgIpc) is 2.95. The maximum absolute atomic E-state index is 12.9. The smallest absolute Gasteiger partial charge is 0.379 e. The Balaban J connectivity index is 1.84. The van der Waals surface area contributed by atoms with Crippen LogP contribution in [0.15, 0.2) is 35.3 Å². The first-order valence-electron chi connectivity index (χ1n) is 7.56. The van der Waals surface area contributed by atoms with Crippen molar-refractivity contribution in [3.8, 4) is 0 Å². The van der Waals surface area contributed by atoms with Gasteiger partial charge in [-0.25, -0.2) is 4.79 Å². The third-order valence-electron chi connectivity index (χ3n) is 4.43. The summed E-state index contributed by atoms with van der Waals surface area (Å²) in [4.78, 5) is 25.3. The molecule has 3 rings (SSSR count). The molecule has 0 spiro atoms. The summed E-state index contributed by atoms with van der Waals surface area (Å²) in [5.41, 5.74) is -2.82. The van der Waals surface area contributed by atoms with E-state index in [1.54, 1.807) is 37.5 Å². The molecule has 2 N–H and O–H groups in total. The number of β-amino-alcohol motifs (C(OH)–C–C–N with tert-alkyl or cyclic N) is 1. The zero-order chi connectivity index (χ0) is 18.4. The summed E-state index contributed by atoms with van der Waals surface area (Å²) in [5, 5.41) is 13.1. The van der Waals surface area contributed by atoms with Gasteiger partial charge in [-0.15, -0.1) is 0 Å². The van der Waals surface area contributed by atoms with Gasteiger partial charge in [0.1, 0.15) is 0 Å². The largest absolute Gasteiger partial charge is 0.419 e. The molecule has 1 saturated heterocycles. The van der Waals surface area contributed by atoms with Gasteiger partial charge in [-0.2, -0.15) is 13.2 Å². The van der Waals surface area contributed by atoms with E-state index < -0.39 is 30.8 Å². The fourth-order valence-electron chi connectivity index (χ4n) is 2.88. The predicted octanol–water partition coefficient (Wildman–Crippen LogP) is 2.07. The first kappa shape index (κ1) is 17.3. The number of carbonyl (C=O) groups excluding carboxylic acids is 1. The fraction of sp³-hybridized carbons (Fsp3) is 0.375. The maximum atomic E-state index is 12.9. The van der Waals surface area contributed by atoms with Crippen molar-refractivity contribution >= 4 is 22.5 Å². The summed E-state index contributed by atoms with van der Waals surface area (Å²) in [6.07, 6.45) is -3.83. The Kier molecular flexibility index (Phi) is 3.98. The highest BCUT2D eigenvalue weighted by Crippen LogP contribution is 2.37. The van der Waals surface area contributed by atoms with E-state index in [-0.39, 0.29) is 12.1 Å². The molecule has 0 aliphatic carbocycles. The second kappa shape index (κ2) is 5.76. The van der Waals surface area contributed by atoms with Crippen LogP contribution in [0.5, 0.6) is 0 Å². The molecular formula is C16H16F3N3O3. The fourth-order valence-corrected chi connectivity index (χ4v) is 2.88. The molecule has 25 heavy (non-hydrogen) atoms. The summed E-state index contributed by atoms with van der Waals surface area (Å²) < 4.78 is 39.9. The number of alkyl halides is 3. The number of anilines is 1. The van der Waals surface area contributed by atoms with Gasteiger partial charge in [0.25, 0.3) is 5.56 Å². The van der Waals surface area contributed by atoms with Crippen molar-refractivity contribution in [3.05, 3.63) is 40.8 Å². The van der Waals surface area contributed by atoms with Crippen LogP contribution in [-0.2, 0) is 7.05 Å². The van der Waals surface area contributed by atoms with Crippen molar-refractivity contribution in [2.45, 2.75) is 18.2 Å². The van der Waals surface area contributed by atoms with Crippen LogP contribution in [0.3, 0.4) is 0 Å². The Hall–Kier alpha value is -2.55. The normalized spacial score (nSPS) is 20.9. The van der Waals surface area contributed by atoms with Gasteiger partial charge in [0.15, 0.2) is 5.60 Å². The molecule has 1 aromatic carbocycles. The molecule has 1 aliphatic rings. The van der Waals surface area contributed by atoms with Crippen molar-refractivity contribution < 1.29 is 23.1 Å². The van der Waals surface area contributed by atoms with E-state index in [2.05, 4.69) is 5.32 Å².